The zero-order valence-electron chi connectivity index (χ0n) is 13.0. The zero-order valence-corrected chi connectivity index (χ0v) is 13.0. The van der Waals surface area contributed by atoms with Crippen molar-refractivity contribution >= 4 is 5.97 Å². The topological polar surface area (TPSA) is 26.3 Å². The van der Waals surface area contributed by atoms with E-state index in [0.29, 0.717) is 6.42 Å². The van der Waals surface area contributed by atoms with Gasteiger partial charge < -0.3 is 4.74 Å². The SMILES string of the molecule is CCCCCCCCC(=O)Oc1ccccc1CCC. The summed E-state index contributed by atoms with van der Waals surface area (Å²) in [4.78, 5) is 11.8. The molecule has 2 heteroatoms. The van der Waals surface area contributed by atoms with Crippen molar-refractivity contribution in [1.29, 1.82) is 0 Å². The van der Waals surface area contributed by atoms with Gasteiger partial charge in [-0.05, 0) is 24.5 Å². The lowest BCUT2D eigenvalue weighted by Crippen LogP contribution is -2.09. The molecule has 0 spiro atoms. The van der Waals surface area contributed by atoms with E-state index in [1.165, 1.54) is 25.7 Å². The highest BCUT2D eigenvalue weighted by molar-refractivity contribution is 5.72. The lowest BCUT2D eigenvalue weighted by molar-refractivity contribution is -0.134. The fourth-order valence-electron chi connectivity index (χ4n) is 2.30. The van der Waals surface area contributed by atoms with Crippen LogP contribution in [0.3, 0.4) is 0 Å². The van der Waals surface area contributed by atoms with Crippen molar-refractivity contribution in [2.24, 2.45) is 0 Å². The Labute approximate surface area is 123 Å². The Morgan fingerprint density at radius 3 is 2.40 bits per heavy atom. The van der Waals surface area contributed by atoms with Gasteiger partial charge in [-0.3, -0.25) is 4.79 Å². The minimum Gasteiger partial charge on any atom is -0.426 e. The molecule has 0 aromatic heterocycles. The van der Waals surface area contributed by atoms with Gasteiger partial charge in [-0.25, -0.2) is 0 Å². The normalized spacial score (nSPS) is 10.5. The Morgan fingerprint density at radius 1 is 0.950 bits per heavy atom. The van der Waals surface area contributed by atoms with Crippen molar-refractivity contribution in [2.75, 3.05) is 0 Å². The van der Waals surface area contributed by atoms with Gasteiger partial charge in [0, 0.05) is 6.42 Å². The predicted molar refractivity (Wildman–Crippen MR) is 84.1 cm³/mol. The summed E-state index contributed by atoms with van der Waals surface area (Å²) in [5, 5.41) is 0. The van der Waals surface area contributed by atoms with Gasteiger partial charge >= 0.3 is 5.97 Å². The highest BCUT2D eigenvalue weighted by Crippen LogP contribution is 2.20. The number of carbonyl (C=O) groups excluding carboxylic acids is 1. The van der Waals surface area contributed by atoms with Gasteiger partial charge in [0.1, 0.15) is 5.75 Å². The molecule has 0 radical (unpaired) electrons. The quantitative estimate of drug-likeness (QED) is 0.329. The lowest BCUT2D eigenvalue weighted by Gasteiger charge is -2.09. The molecule has 0 unspecified atom stereocenters. The first-order chi connectivity index (χ1) is 9.77. The number of aryl methyl sites for hydroxylation is 1. The number of carbonyl (C=O) groups is 1. The highest BCUT2D eigenvalue weighted by Gasteiger charge is 2.08. The zero-order chi connectivity index (χ0) is 14.6. The molecule has 0 amide bonds. The molecule has 1 rings (SSSR count). The van der Waals surface area contributed by atoms with Gasteiger partial charge in [0.05, 0.1) is 0 Å². The van der Waals surface area contributed by atoms with Crippen LogP contribution in [0.1, 0.15) is 70.8 Å². The summed E-state index contributed by atoms with van der Waals surface area (Å²) in [6.45, 7) is 4.35. The van der Waals surface area contributed by atoms with Crippen LogP contribution in [0.15, 0.2) is 24.3 Å². The molecular weight excluding hydrogens is 248 g/mol. The Bertz CT molecular complexity index is 385. The third-order valence-corrected chi connectivity index (χ3v) is 3.45. The Kier molecular flexibility index (Phi) is 8.77. The molecule has 0 fully saturated rings. The van der Waals surface area contributed by atoms with Gasteiger partial charge in [0.15, 0.2) is 0 Å². The van der Waals surface area contributed by atoms with Crippen molar-refractivity contribution in [3.8, 4) is 5.75 Å². The van der Waals surface area contributed by atoms with Gasteiger partial charge in [0.2, 0.25) is 0 Å². The first-order valence-electron chi connectivity index (χ1n) is 8.06. The predicted octanol–water partition coefficient (Wildman–Crippen LogP) is 5.30. The average Bonchev–Trinajstić information content (AvgIpc) is 2.45. The van der Waals surface area contributed by atoms with Crippen LogP contribution in [0.4, 0.5) is 0 Å². The summed E-state index contributed by atoms with van der Waals surface area (Å²) < 4.78 is 5.49. The van der Waals surface area contributed by atoms with Crippen LogP contribution in [0, 0.1) is 0 Å². The van der Waals surface area contributed by atoms with E-state index in [-0.39, 0.29) is 5.97 Å². The fraction of sp³-hybridized carbons (Fsp3) is 0.611. The second-order valence-corrected chi connectivity index (χ2v) is 5.35. The first-order valence-corrected chi connectivity index (χ1v) is 8.06. The Hall–Kier alpha value is -1.31. The molecule has 0 heterocycles. The van der Waals surface area contributed by atoms with E-state index < -0.39 is 0 Å². The molecule has 1 aromatic rings. The molecule has 0 N–H and O–H groups in total. The summed E-state index contributed by atoms with van der Waals surface area (Å²) in [6.07, 6.45) is 9.70. The summed E-state index contributed by atoms with van der Waals surface area (Å²) in [5.74, 6) is 0.648. The van der Waals surface area contributed by atoms with Crippen LogP contribution in [0.25, 0.3) is 0 Å². The smallest absolute Gasteiger partial charge is 0.311 e. The molecule has 0 atom stereocenters. The number of benzene rings is 1. The summed E-state index contributed by atoms with van der Waals surface area (Å²) in [7, 11) is 0. The molecule has 2 nitrogen and oxygen atoms in total. The Balaban J connectivity index is 2.28. The minimum absolute atomic E-state index is 0.0935. The van der Waals surface area contributed by atoms with Gasteiger partial charge in [-0.15, -0.1) is 0 Å². The monoisotopic (exact) mass is 276 g/mol. The molecule has 0 aliphatic rings. The van der Waals surface area contributed by atoms with Gasteiger partial charge in [0.25, 0.3) is 0 Å². The number of hydrogen-bond acceptors (Lipinski definition) is 2. The number of esters is 1. The number of hydrogen-bond donors (Lipinski definition) is 0. The Morgan fingerprint density at radius 2 is 1.65 bits per heavy atom. The van der Waals surface area contributed by atoms with Crippen molar-refractivity contribution in [2.45, 2.75) is 71.6 Å². The second kappa shape index (κ2) is 10.5. The van der Waals surface area contributed by atoms with Gasteiger partial charge in [-0.2, -0.15) is 0 Å². The molecule has 1 aromatic carbocycles. The number of ether oxygens (including phenoxy) is 1. The molecule has 112 valence electrons. The third-order valence-electron chi connectivity index (χ3n) is 3.45. The van der Waals surface area contributed by atoms with Crippen molar-refractivity contribution in [1.82, 2.24) is 0 Å². The van der Waals surface area contributed by atoms with E-state index in [0.717, 1.165) is 37.0 Å². The molecule has 0 saturated heterocycles. The maximum atomic E-state index is 11.8. The minimum atomic E-state index is -0.0935. The number of rotatable bonds is 10. The molecule has 0 aliphatic carbocycles. The average molecular weight is 276 g/mol. The fourth-order valence-corrected chi connectivity index (χ4v) is 2.30. The maximum absolute atomic E-state index is 11.8. The van der Waals surface area contributed by atoms with Crippen molar-refractivity contribution in [3.63, 3.8) is 0 Å². The summed E-state index contributed by atoms with van der Waals surface area (Å²) >= 11 is 0. The second-order valence-electron chi connectivity index (χ2n) is 5.35. The first kappa shape index (κ1) is 16.7. The molecular formula is C18H28O2. The largest absolute Gasteiger partial charge is 0.426 e. The van der Waals surface area contributed by atoms with E-state index in [1.807, 2.05) is 24.3 Å². The van der Waals surface area contributed by atoms with E-state index in [4.69, 9.17) is 4.74 Å². The van der Waals surface area contributed by atoms with Crippen LogP contribution in [0.2, 0.25) is 0 Å². The molecule has 20 heavy (non-hydrogen) atoms. The molecule has 0 bridgehead atoms. The third kappa shape index (κ3) is 6.74. The van der Waals surface area contributed by atoms with Crippen LogP contribution in [-0.4, -0.2) is 5.97 Å². The molecule has 0 aliphatic heterocycles. The standard InChI is InChI=1S/C18H28O2/c1-3-5-6-7-8-9-15-18(19)20-17-14-11-10-13-16(17)12-4-2/h10-11,13-14H,3-9,12,15H2,1-2H3. The van der Waals surface area contributed by atoms with Crippen LogP contribution in [-0.2, 0) is 11.2 Å². The maximum Gasteiger partial charge on any atom is 0.311 e. The van der Waals surface area contributed by atoms with E-state index >= 15 is 0 Å². The summed E-state index contributed by atoms with van der Waals surface area (Å²) in [6, 6.07) is 7.85. The van der Waals surface area contributed by atoms with Crippen molar-refractivity contribution in [3.05, 3.63) is 29.8 Å². The van der Waals surface area contributed by atoms with Crippen LogP contribution >= 0.6 is 0 Å². The number of unbranched alkanes of at least 4 members (excludes halogenated alkanes) is 5. The molecule has 0 saturated carbocycles. The van der Waals surface area contributed by atoms with Crippen LogP contribution < -0.4 is 4.74 Å². The highest BCUT2D eigenvalue weighted by atomic mass is 16.5. The van der Waals surface area contributed by atoms with E-state index in [9.17, 15) is 4.79 Å². The van der Waals surface area contributed by atoms with E-state index in [2.05, 4.69) is 13.8 Å². The van der Waals surface area contributed by atoms with Gasteiger partial charge in [-0.1, -0.05) is 70.6 Å². The lowest BCUT2D eigenvalue weighted by atomic mass is 10.1. The summed E-state index contributed by atoms with van der Waals surface area (Å²) in [5.41, 5.74) is 1.13. The number of para-hydroxylation sites is 1. The van der Waals surface area contributed by atoms with E-state index in [1.54, 1.807) is 0 Å². The van der Waals surface area contributed by atoms with Crippen LogP contribution in [0.5, 0.6) is 5.75 Å². The van der Waals surface area contributed by atoms with Crippen molar-refractivity contribution < 1.29 is 9.53 Å².